The largest absolute Gasteiger partial charge is 0.310 e. The van der Waals surface area contributed by atoms with Gasteiger partial charge in [-0.05, 0) is 136 Å². The number of para-hydroxylation sites is 2. The maximum Gasteiger partial charge on any atom is 0.0542 e. The number of anilines is 6. The lowest BCUT2D eigenvalue weighted by Gasteiger charge is -2.28. The van der Waals surface area contributed by atoms with Gasteiger partial charge in [0.2, 0.25) is 0 Å². The lowest BCUT2D eigenvalue weighted by Crippen LogP contribution is -2.11. The fraction of sp³-hybridized carbons (Fsp3) is 0.0159. The van der Waals surface area contributed by atoms with E-state index < -0.39 is 0 Å². The van der Waals surface area contributed by atoms with Crippen molar-refractivity contribution >= 4 is 77.5 Å². The van der Waals surface area contributed by atoms with Crippen molar-refractivity contribution in [2.75, 3.05) is 9.80 Å². The average molecular weight is 844 g/mol. The molecule has 3 nitrogen and oxygen atoms in total. The Kier molecular flexibility index (Phi) is 9.73. The number of hydrogen-bond donors (Lipinski definition) is 0. The van der Waals surface area contributed by atoms with Gasteiger partial charge in [-0.1, -0.05) is 169 Å². The molecule has 0 spiro atoms. The molecule has 11 aromatic carbocycles. The highest BCUT2D eigenvalue weighted by Crippen LogP contribution is 2.45. The quantitative estimate of drug-likeness (QED) is 0.143. The molecule has 0 aliphatic carbocycles. The molecule has 312 valence electrons. The second-order valence-electron chi connectivity index (χ2n) is 17.1. The van der Waals surface area contributed by atoms with E-state index in [1.54, 1.807) is 0 Å². The molecule has 0 fully saturated rings. The Balaban J connectivity index is 0.958. The first-order valence-electron chi connectivity index (χ1n) is 22.7. The molecule has 1 aromatic heterocycles. The summed E-state index contributed by atoms with van der Waals surface area (Å²) >= 11 is 0. The van der Waals surface area contributed by atoms with Crippen LogP contribution in [0, 0.1) is 6.92 Å². The van der Waals surface area contributed by atoms with Crippen LogP contribution in [0.15, 0.2) is 255 Å². The van der Waals surface area contributed by atoms with Crippen molar-refractivity contribution in [2.24, 2.45) is 0 Å². The van der Waals surface area contributed by atoms with Crippen molar-refractivity contribution in [3.05, 3.63) is 260 Å². The van der Waals surface area contributed by atoms with Crippen LogP contribution in [0.2, 0.25) is 0 Å². The molecule has 0 aliphatic heterocycles. The van der Waals surface area contributed by atoms with E-state index in [0.717, 1.165) is 45.4 Å². The maximum atomic E-state index is 2.41. The number of benzene rings is 11. The summed E-state index contributed by atoms with van der Waals surface area (Å²) in [5, 5.41) is 7.27. The third kappa shape index (κ3) is 6.95. The fourth-order valence-corrected chi connectivity index (χ4v) is 9.79. The molecular formula is C63H45N3. The summed E-state index contributed by atoms with van der Waals surface area (Å²) in [6, 6.07) is 92.6. The van der Waals surface area contributed by atoms with E-state index in [2.05, 4.69) is 276 Å². The fourth-order valence-electron chi connectivity index (χ4n) is 9.79. The number of hydrogen-bond acceptors (Lipinski definition) is 2. The smallest absolute Gasteiger partial charge is 0.0542 e. The van der Waals surface area contributed by atoms with Gasteiger partial charge in [0.05, 0.1) is 16.7 Å². The zero-order chi connectivity index (χ0) is 44.0. The standard InChI is InChI=1S/C63H45N3/c1-44-24-31-51(32-25-44)64(55-38-40-63-60(43-55)59-22-12-13-23-61(59)66(63)50-18-6-3-7-19-50)52-35-29-48(30-36-52)56-39-41-62(58-21-11-10-20-57(56)58)65(54-37-28-46-16-8-9-17-49(46)42-54)53-33-26-47(27-34-53)45-14-4-2-5-15-45/h2-43H,1H3. The summed E-state index contributed by atoms with van der Waals surface area (Å²) in [4.78, 5) is 4.78. The molecule has 0 radical (unpaired) electrons. The van der Waals surface area contributed by atoms with E-state index in [9.17, 15) is 0 Å². The Bertz CT molecular complexity index is 3690. The molecule has 0 unspecified atom stereocenters. The molecule has 12 aromatic rings. The van der Waals surface area contributed by atoms with Crippen molar-refractivity contribution in [3.63, 3.8) is 0 Å². The number of rotatable bonds is 9. The lowest BCUT2D eigenvalue weighted by atomic mass is 9.95. The summed E-state index contributed by atoms with van der Waals surface area (Å²) < 4.78 is 2.37. The van der Waals surface area contributed by atoms with E-state index in [-0.39, 0.29) is 0 Å². The van der Waals surface area contributed by atoms with Crippen LogP contribution in [-0.4, -0.2) is 4.57 Å². The second kappa shape index (κ2) is 16.5. The van der Waals surface area contributed by atoms with Gasteiger partial charge < -0.3 is 14.4 Å². The van der Waals surface area contributed by atoms with Crippen LogP contribution in [0.4, 0.5) is 34.1 Å². The summed E-state index contributed by atoms with van der Waals surface area (Å²) in [5.41, 5.74) is 16.2. The van der Waals surface area contributed by atoms with E-state index in [1.165, 1.54) is 65.6 Å². The number of aryl methyl sites for hydroxylation is 1. The first-order chi connectivity index (χ1) is 32.6. The molecule has 12 rings (SSSR count). The van der Waals surface area contributed by atoms with E-state index in [0.29, 0.717) is 0 Å². The van der Waals surface area contributed by atoms with Gasteiger partial charge in [0.15, 0.2) is 0 Å². The number of nitrogens with zero attached hydrogens (tertiary/aromatic N) is 3. The van der Waals surface area contributed by atoms with Crippen LogP contribution < -0.4 is 9.80 Å². The zero-order valence-electron chi connectivity index (χ0n) is 36.6. The summed E-state index contributed by atoms with van der Waals surface area (Å²) in [7, 11) is 0. The highest BCUT2D eigenvalue weighted by molar-refractivity contribution is 6.11. The van der Waals surface area contributed by atoms with Gasteiger partial charge in [-0.3, -0.25) is 0 Å². The maximum absolute atomic E-state index is 2.41. The van der Waals surface area contributed by atoms with Crippen molar-refractivity contribution < 1.29 is 0 Å². The molecule has 0 saturated carbocycles. The summed E-state index contributed by atoms with van der Waals surface area (Å²) in [5.74, 6) is 0. The van der Waals surface area contributed by atoms with Crippen LogP contribution in [0.5, 0.6) is 0 Å². The van der Waals surface area contributed by atoms with Gasteiger partial charge in [0.25, 0.3) is 0 Å². The molecular weight excluding hydrogens is 799 g/mol. The molecule has 3 heteroatoms. The molecule has 0 saturated heterocycles. The van der Waals surface area contributed by atoms with Crippen LogP contribution in [-0.2, 0) is 0 Å². The Morgan fingerprint density at radius 2 is 0.818 bits per heavy atom. The number of aromatic nitrogens is 1. The van der Waals surface area contributed by atoms with Gasteiger partial charge in [-0.15, -0.1) is 0 Å². The monoisotopic (exact) mass is 843 g/mol. The van der Waals surface area contributed by atoms with Crippen molar-refractivity contribution in [1.29, 1.82) is 0 Å². The van der Waals surface area contributed by atoms with Gasteiger partial charge in [0, 0.05) is 50.3 Å². The summed E-state index contributed by atoms with van der Waals surface area (Å²) in [6.07, 6.45) is 0. The van der Waals surface area contributed by atoms with Gasteiger partial charge in [0.1, 0.15) is 0 Å². The first-order valence-corrected chi connectivity index (χ1v) is 22.7. The first kappa shape index (κ1) is 39.0. The number of fused-ring (bicyclic) bond motifs is 5. The minimum absolute atomic E-state index is 1.09. The third-order valence-electron chi connectivity index (χ3n) is 13.0. The summed E-state index contributed by atoms with van der Waals surface area (Å²) in [6.45, 7) is 2.14. The predicted octanol–water partition coefficient (Wildman–Crippen LogP) is 17.7. The molecule has 0 bridgehead atoms. The van der Waals surface area contributed by atoms with Crippen LogP contribution in [0.25, 0.3) is 71.3 Å². The van der Waals surface area contributed by atoms with E-state index in [1.807, 2.05) is 0 Å². The Labute approximate surface area is 385 Å². The van der Waals surface area contributed by atoms with Crippen molar-refractivity contribution in [3.8, 4) is 27.9 Å². The van der Waals surface area contributed by atoms with E-state index >= 15 is 0 Å². The van der Waals surface area contributed by atoms with E-state index in [4.69, 9.17) is 0 Å². The third-order valence-corrected chi connectivity index (χ3v) is 13.0. The molecule has 1 heterocycles. The minimum atomic E-state index is 1.09. The zero-order valence-corrected chi connectivity index (χ0v) is 36.6. The molecule has 66 heavy (non-hydrogen) atoms. The van der Waals surface area contributed by atoms with Crippen molar-refractivity contribution in [1.82, 2.24) is 4.57 Å². The van der Waals surface area contributed by atoms with Crippen LogP contribution >= 0.6 is 0 Å². The average Bonchev–Trinajstić information content (AvgIpc) is 3.72. The van der Waals surface area contributed by atoms with Gasteiger partial charge >= 0.3 is 0 Å². The molecule has 0 N–H and O–H groups in total. The second-order valence-corrected chi connectivity index (χ2v) is 17.1. The van der Waals surface area contributed by atoms with Gasteiger partial charge in [-0.25, -0.2) is 0 Å². The Morgan fingerprint density at radius 1 is 0.303 bits per heavy atom. The van der Waals surface area contributed by atoms with Crippen LogP contribution in [0.1, 0.15) is 5.56 Å². The minimum Gasteiger partial charge on any atom is -0.310 e. The topological polar surface area (TPSA) is 11.4 Å². The SMILES string of the molecule is Cc1ccc(N(c2ccc(-c3ccc(N(c4ccc(-c5ccccc5)cc4)c4ccc5ccccc5c4)c4ccccc34)cc2)c2ccc3c(c2)c2ccccc2n3-c2ccccc2)cc1. The van der Waals surface area contributed by atoms with Gasteiger partial charge in [-0.2, -0.15) is 0 Å². The molecule has 0 amide bonds. The lowest BCUT2D eigenvalue weighted by molar-refractivity contribution is 1.18. The van der Waals surface area contributed by atoms with Crippen molar-refractivity contribution in [2.45, 2.75) is 6.92 Å². The Hall–Kier alpha value is -8.66. The normalized spacial score (nSPS) is 11.4. The predicted molar refractivity (Wildman–Crippen MR) is 281 cm³/mol. The highest BCUT2D eigenvalue weighted by atomic mass is 15.1. The Morgan fingerprint density at radius 3 is 1.56 bits per heavy atom. The van der Waals surface area contributed by atoms with Crippen LogP contribution in [0.3, 0.4) is 0 Å². The molecule has 0 aliphatic rings. The highest BCUT2D eigenvalue weighted by Gasteiger charge is 2.20. The molecule has 0 atom stereocenters.